The highest BCUT2D eigenvalue weighted by atomic mass is 35.5. The van der Waals surface area contributed by atoms with Crippen molar-refractivity contribution in [2.45, 2.75) is 46.1 Å². The number of nitrogens with zero attached hydrogens (tertiary/aromatic N) is 1. The number of hydrogen-bond acceptors (Lipinski definition) is 2. The summed E-state index contributed by atoms with van der Waals surface area (Å²) in [5, 5.41) is 0.764. The van der Waals surface area contributed by atoms with E-state index < -0.39 is 0 Å². The molecule has 0 bridgehead atoms. The Morgan fingerprint density at radius 1 is 1.21 bits per heavy atom. The quantitative estimate of drug-likeness (QED) is 0.713. The lowest BCUT2D eigenvalue weighted by Gasteiger charge is -2.37. The van der Waals surface area contributed by atoms with Crippen LogP contribution < -0.4 is 4.74 Å². The Morgan fingerprint density at radius 2 is 1.84 bits per heavy atom. The van der Waals surface area contributed by atoms with Gasteiger partial charge >= 0.3 is 0 Å². The van der Waals surface area contributed by atoms with Crippen molar-refractivity contribution < 1.29 is 4.74 Å². The maximum Gasteiger partial charge on any atom is 0.134 e. The van der Waals surface area contributed by atoms with Gasteiger partial charge in [0.15, 0.2) is 0 Å². The molecule has 106 valence electrons. The van der Waals surface area contributed by atoms with E-state index >= 15 is 0 Å². The van der Waals surface area contributed by atoms with Gasteiger partial charge < -0.3 is 4.74 Å². The van der Waals surface area contributed by atoms with Crippen LogP contribution in [-0.4, -0.2) is 11.1 Å². The number of pyridine rings is 1. The molecule has 19 heavy (non-hydrogen) atoms. The molecule has 1 fully saturated rings. The predicted molar refractivity (Wildman–Crippen MR) is 80.0 cm³/mol. The summed E-state index contributed by atoms with van der Waals surface area (Å²) in [5.41, 5.74) is 0. The maximum absolute atomic E-state index is 6.15. The number of hydrogen-bond donors (Lipinski definition) is 0. The molecule has 0 radical (unpaired) electrons. The molecule has 1 aromatic heterocycles. The second kappa shape index (κ2) is 6.32. The van der Waals surface area contributed by atoms with Gasteiger partial charge in [0, 0.05) is 12.1 Å². The van der Waals surface area contributed by atoms with E-state index in [1.807, 2.05) is 0 Å². The van der Waals surface area contributed by atoms with E-state index in [1.54, 1.807) is 12.1 Å². The molecule has 0 N–H and O–H groups in total. The molecule has 2 nitrogen and oxygen atoms in total. The van der Waals surface area contributed by atoms with Crippen LogP contribution in [0.1, 0.15) is 40.0 Å². The van der Waals surface area contributed by atoms with Crippen LogP contribution in [0.15, 0.2) is 12.1 Å². The highest BCUT2D eigenvalue weighted by Crippen LogP contribution is 2.36. The summed E-state index contributed by atoms with van der Waals surface area (Å²) in [6.45, 7) is 6.83. The Balaban J connectivity index is 2.13. The van der Waals surface area contributed by atoms with Crippen LogP contribution >= 0.6 is 23.2 Å². The average Bonchev–Trinajstić information content (AvgIpc) is 2.26. The molecule has 1 aliphatic rings. The molecular formula is C15H21Cl2NO. The number of aromatic nitrogens is 1. The van der Waals surface area contributed by atoms with Crippen molar-refractivity contribution in [3.63, 3.8) is 0 Å². The number of ether oxygens (including phenoxy) is 1. The predicted octanol–water partition coefficient (Wildman–Crippen LogP) is 5.23. The topological polar surface area (TPSA) is 22.1 Å². The van der Waals surface area contributed by atoms with Gasteiger partial charge in [-0.05, 0) is 30.6 Å². The average molecular weight is 302 g/mol. The van der Waals surface area contributed by atoms with Gasteiger partial charge in [-0.2, -0.15) is 0 Å². The van der Waals surface area contributed by atoms with Gasteiger partial charge in [-0.3, -0.25) is 0 Å². The third kappa shape index (κ3) is 4.00. The SMILES string of the molecule is CC(C)[C@@H]1CC[C@@H](C)C[C@H]1Oc1cc(Cl)nc(Cl)c1. The van der Waals surface area contributed by atoms with Crippen molar-refractivity contribution in [2.24, 2.45) is 17.8 Å². The Kier molecular flexibility index (Phi) is 4.97. The largest absolute Gasteiger partial charge is 0.490 e. The molecule has 0 saturated heterocycles. The summed E-state index contributed by atoms with van der Waals surface area (Å²) in [6, 6.07) is 3.48. The highest BCUT2D eigenvalue weighted by Gasteiger charge is 2.32. The summed E-state index contributed by atoms with van der Waals surface area (Å²) < 4.78 is 6.15. The highest BCUT2D eigenvalue weighted by molar-refractivity contribution is 6.32. The fourth-order valence-electron chi connectivity index (χ4n) is 2.94. The summed E-state index contributed by atoms with van der Waals surface area (Å²) in [5.74, 6) is 2.68. The van der Waals surface area contributed by atoms with E-state index in [0.29, 0.717) is 28.1 Å². The summed E-state index contributed by atoms with van der Waals surface area (Å²) in [7, 11) is 0. The maximum atomic E-state index is 6.15. The molecule has 1 saturated carbocycles. The Labute approximate surface area is 125 Å². The molecule has 0 spiro atoms. The van der Waals surface area contributed by atoms with Gasteiger partial charge in [0.25, 0.3) is 0 Å². The zero-order valence-electron chi connectivity index (χ0n) is 11.7. The first-order valence-corrected chi connectivity index (χ1v) is 7.71. The minimum absolute atomic E-state index is 0.248. The molecule has 0 aliphatic heterocycles. The zero-order valence-corrected chi connectivity index (χ0v) is 13.2. The summed E-state index contributed by atoms with van der Waals surface area (Å²) in [4.78, 5) is 3.95. The Bertz CT molecular complexity index is 416. The van der Waals surface area contributed by atoms with Gasteiger partial charge in [-0.1, -0.05) is 50.4 Å². The molecule has 0 aromatic carbocycles. The lowest BCUT2D eigenvalue weighted by atomic mass is 9.75. The normalized spacial score (nSPS) is 27.6. The van der Waals surface area contributed by atoms with E-state index in [4.69, 9.17) is 27.9 Å². The van der Waals surface area contributed by atoms with Gasteiger partial charge in [0.05, 0.1) is 0 Å². The first-order chi connectivity index (χ1) is 8.95. The van der Waals surface area contributed by atoms with E-state index in [9.17, 15) is 0 Å². The Morgan fingerprint density at radius 3 is 2.42 bits per heavy atom. The van der Waals surface area contributed by atoms with Gasteiger partial charge in [-0.25, -0.2) is 4.98 Å². The van der Waals surface area contributed by atoms with E-state index in [-0.39, 0.29) is 6.10 Å². The summed E-state index contributed by atoms with van der Waals surface area (Å²) in [6.07, 6.45) is 3.87. The molecule has 1 heterocycles. The first kappa shape index (κ1) is 14.9. The van der Waals surface area contributed by atoms with E-state index in [1.165, 1.54) is 12.8 Å². The first-order valence-electron chi connectivity index (χ1n) is 6.95. The van der Waals surface area contributed by atoms with Crippen LogP contribution in [0.4, 0.5) is 0 Å². The third-order valence-corrected chi connectivity index (χ3v) is 4.37. The minimum atomic E-state index is 0.248. The second-order valence-electron chi connectivity index (χ2n) is 5.93. The molecule has 4 heteroatoms. The fourth-order valence-corrected chi connectivity index (χ4v) is 3.38. The van der Waals surface area contributed by atoms with Gasteiger partial charge in [0.1, 0.15) is 22.2 Å². The standard InChI is InChI=1S/C15H21Cl2NO/c1-9(2)12-5-4-10(3)6-13(12)19-11-7-14(16)18-15(17)8-11/h7-10,12-13H,4-6H2,1-3H3/t10-,12+,13-/m1/s1. The lowest BCUT2D eigenvalue weighted by Crippen LogP contribution is -2.36. The molecule has 0 unspecified atom stereocenters. The third-order valence-electron chi connectivity index (χ3n) is 3.99. The van der Waals surface area contributed by atoms with Crippen LogP contribution in [0.25, 0.3) is 0 Å². The van der Waals surface area contributed by atoms with Crippen LogP contribution in [0.5, 0.6) is 5.75 Å². The van der Waals surface area contributed by atoms with Crippen LogP contribution in [0.2, 0.25) is 10.3 Å². The van der Waals surface area contributed by atoms with Crippen LogP contribution in [-0.2, 0) is 0 Å². The molecule has 3 atom stereocenters. The molecule has 2 rings (SSSR count). The molecular weight excluding hydrogens is 281 g/mol. The van der Waals surface area contributed by atoms with Crippen LogP contribution in [0.3, 0.4) is 0 Å². The number of halogens is 2. The van der Waals surface area contributed by atoms with Crippen molar-refractivity contribution in [3.05, 3.63) is 22.4 Å². The van der Waals surface area contributed by atoms with Crippen molar-refractivity contribution in [1.82, 2.24) is 4.98 Å². The summed E-state index contributed by atoms with van der Waals surface area (Å²) >= 11 is 11.8. The minimum Gasteiger partial charge on any atom is -0.490 e. The van der Waals surface area contributed by atoms with Gasteiger partial charge in [0.2, 0.25) is 0 Å². The fraction of sp³-hybridized carbons (Fsp3) is 0.667. The van der Waals surface area contributed by atoms with E-state index in [2.05, 4.69) is 25.8 Å². The molecule has 1 aromatic rings. The second-order valence-corrected chi connectivity index (χ2v) is 6.71. The van der Waals surface area contributed by atoms with Gasteiger partial charge in [-0.15, -0.1) is 0 Å². The molecule has 0 amide bonds. The van der Waals surface area contributed by atoms with Crippen molar-refractivity contribution in [3.8, 4) is 5.75 Å². The van der Waals surface area contributed by atoms with Crippen molar-refractivity contribution in [2.75, 3.05) is 0 Å². The van der Waals surface area contributed by atoms with E-state index in [0.717, 1.165) is 12.2 Å². The monoisotopic (exact) mass is 301 g/mol. The lowest BCUT2D eigenvalue weighted by molar-refractivity contribution is 0.0460. The van der Waals surface area contributed by atoms with Crippen LogP contribution in [0, 0.1) is 17.8 Å². The van der Waals surface area contributed by atoms with Crippen molar-refractivity contribution >= 4 is 23.2 Å². The molecule has 1 aliphatic carbocycles. The number of rotatable bonds is 3. The smallest absolute Gasteiger partial charge is 0.134 e. The van der Waals surface area contributed by atoms with Crippen molar-refractivity contribution in [1.29, 1.82) is 0 Å². The zero-order chi connectivity index (χ0) is 14.0. The Hall–Kier alpha value is -0.470.